The maximum absolute atomic E-state index is 11.0. The fourth-order valence-electron chi connectivity index (χ4n) is 2.04. The number of esters is 2. The van der Waals surface area contributed by atoms with Gasteiger partial charge in [-0.05, 0) is 33.6 Å². The Morgan fingerprint density at radius 3 is 1.84 bits per heavy atom. The molecular weight excluding hydrogens is 268 g/mol. The summed E-state index contributed by atoms with van der Waals surface area (Å²) in [7, 11) is -2.66. The zero-order valence-corrected chi connectivity index (χ0v) is 12.8. The van der Waals surface area contributed by atoms with Crippen LogP contribution < -0.4 is 0 Å². The van der Waals surface area contributed by atoms with Crippen molar-refractivity contribution in [1.29, 1.82) is 0 Å². The number of hydrogen-bond acceptors (Lipinski definition) is 6. The minimum absolute atomic E-state index is 0.429. The Hall–Kier alpha value is -0.763. The Morgan fingerprint density at radius 1 is 1.00 bits per heavy atom. The minimum Gasteiger partial charge on any atom is -0.392 e. The molecule has 1 heterocycles. The lowest BCUT2D eigenvalue weighted by Crippen LogP contribution is -2.46. The third-order valence-corrected chi connectivity index (χ3v) is 5.99. The first kappa shape index (κ1) is 16.3. The van der Waals surface area contributed by atoms with Crippen molar-refractivity contribution >= 4 is 20.7 Å². The fourth-order valence-corrected chi connectivity index (χ4v) is 4.68. The van der Waals surface area contributed by atoms with Crippen molar-refractivity contribution in [2.24, 2.45) is 5.92 Å². The van der Waals surface area contributed by atoms with Gasteiger partial charge in [0.25, 0.3) is 0 Å². The second-order valence-electron chi connectivity index (χ2n) is 4.17. The molecule has 0 aliphatic carbocycles. The van der Waals surface area contributed by atoms with Crippen LogP contribution in [0.2, 0.25) is 6.04 Å². The third kappa shape index (κ3) is 4.38. The lowest BCUT2D eigenvalue weighted by molar-refractivity contribution is -0.184. The van der Waals surface area contributed by atoms with Gasteiger partial charge in [-0.3, -0.25) is 9.59 Å². The van der Waals surface area contributed by atoms with E-state index in [0.717, 1.165) is 0 Å². The SMILES string of the molecule is CCO[Si](CCCC1C(=O)OC1=O)(OCC)OCC. The molecule has 0 bridgehead atoms. The van der Waals surface area contributed by atoms with Crippen LogP contribution in [0.5, 0.6) is 0 Å². The maximum atomic E-state index is 11.0. The molecule has 0 amide bonds. The van der Waals surface area contributed by atoms with Crippen LogP contribution in [-0.2, 0) is 27.6 Å². The van der Waals surface area contributed by atoms with E-state index < -0.39 is 26.7 Å². The highest BCUT2D eigenvalue weighted by Gasteiger charge is 2.44. The minimum atomic E-state index is -2.66. The number of cyclic esters (lactones) is 2. The molecule has 6 nitrogen and oxygen atoms in total. The summed E-state index contributed by atoms with van der Waals surface area (Å²) in [5.74, 6) is -1.46. The summed E-state index contributed by atoms with van der Waals surface area (Å²) in [6.07, 6.45) is 1.12. The molecule has 0 radical (unpaired) electrons. The zero-order valence-electron chi connectivity index (χ0n) is 11.8. The second kappa shape index (κ2) is 7.74. The molecular formula is C12H22O6Si. The van der Waals surface area contributed by atoms with Crippen molar-refractivity contribution in [3.8, 4) is 0 Å². The Labute approximate surface area is 114 Å². The zero-order chi connectivity index (χ0) is 14.3. The van der Waals surface area contributed by atoms with Crippen molar-refractivity contribution in [2.75, 3.05) is 19.8 Å². The first-order valence-corrected chi connectivity index (χ1v) is 8.69. The van der Waals surface area contributed by atoms with E-state index in [2.05, 4.69) is 4.74 Å². The summed E-state index contributed by atoms with van der Waals surface area (Å²) >= 11 is 0. The number of hydrogen-bond donors (Lipinski definition) is 0. The van der Waals surface area contributed by atoms with Crippen LogP contribution >= 0.6 is 0 Å². The van der Waals surface area contributed by atoms with E-state index in [1.807, 2.05) is 20.8 Å². The quantitative estimate of drug-likeness (QED) is 0.345. The molecule has 0 aromatic heterocycles. The molecule has 1 saturated heterocycles. The number of carbonyl (C=O) groups excluding carboxylic acids is 2. The van der Waals surface area contributed by atoms with Gasteiger partial charge in [0.2, 0.25) is 0 Å². The predicted molar refractivity (Wildman–Crippen MR) is 69.3 cm³/mol. The van der Waals surface area contributed by atoms with Gasteiger partial charge in [0.15, 0.2) is 5.92 Å². The highest BCUT2D eigenvalue weighted by Crippen LogP contribution is 2.25. The molecule has 0 saturated carbocycles. The van der Waals surface area contributed by atoms with Gasteiger partial charge in [-0.15, -0.1) is 0 Å². The largest absolute Gasteiger partial charge is 0.500 e. The summed E-state index contributed by atoms with van der Waals surface area (Å²) in [6, 6.07) is 0.611. The molecule has 1 fully saturated rings. The van der Waals surface area contributed by atoms with Crippen molar-refractivity contribution < 1.29 is 27.6 Å². The fraction of sp³-hybridized carbons (Fsp3) is 0.833. The van der Waals surface area contributed by atoms with E-state index in [1.165, 1.54) is 0 Å². The molecule has 1 aliphatic rings. The van der Waals surface area contributed by atoms with Gasteiger partial charge in [-0.1, -0.05) is 0 Å². The summed E-state index contributed by atoms with van der Waals surface area (Å²) in [5, 5.41) is 0. The summed E-state index contributed by atoms with van der Waals surface area (Å²) in [4.78, 5) is 22.1. The van der Waals surface area contributed by atoms with Crippen molar-refractivity contribution in [2.45, 2.75) is 39.7 Å². The molecule has 19 heavy (non-hydrogen) atoms. The maximum Gasteiger partial charge on any atom is 0.500 e. The molecule has 0 aromatic carbocycles. The van der Waals surface area contributed by atoms with E-state index in [1.54, 1.807) is 0 Å². The summed E-state index contributed by atoms with van der Waals surface area (Å²) in [5.41, 5.74) is 0. The van der Waals surface area contributed by atoms with Crippen molar-refractivity contribution in [3.05, 3.63) is 0 Å². The molecule has 0 aromatic rings. The average molecular weight is 290 g/mol. The molecule has 0 unspecified atom stereocenters. The lowest BCUT2D eigenvalue weighted by atomic mass is 10.0. The van der Waals surface area contributed by atoms with Crippen LogP contribution in [0.4, 0.5) is 0 Å². The van der Waals surface area contributed by atoms with Gasteiger partial charge in [-0.25, -0.2) is 0 Å². The van der Waals surface area contributed by atoms with Gasteiger partial charge < -0.3 is 18.0 Å². The highest BCUT2D eigenvalue weighted by atomic mass is 28.4. The standard InChI is InChI=1S/C12H22O6Si/c1-4-15-19(16-5-2,17-6-3)9-7-8-10-11(13)18-12(10)14/h10H,4-9H2,1-3H3. The third-order valence-electron chi connectivity index (χ3n) is 2.84. The smallest absolute Gasteiger partial charge is 0.392 e. The Morgan fingerprint density at radius 2 is 1.47 bits per heavy atom. The Bertz CT molecular complexity index is 288. The molecule has 0 spiro atoms. The first-order chi connectivity index (χ1) is 9.08. The van der Waals surface area contributed by atoms with E-state index in [9.17, 15) is 9.59 Å². The summed E-state index contributed by atoms with van der Waals surface area (Å²) in [6.45, 7) is 7.26. The van der Waals surface area contributed by atoms with Crippen LogP contribution in [-0.4, -0.2) is 40.6 Å². The normalized spacial score (nSPS) is 16.4. The van der Waals surface area contributed by atoms with E-state index in [4.69, 9.17) is 13.3 Å². The molecule has 0 N–H and O–H groups in total. The van der Waals surface area contributed by atoms with Crippen LogP contribution in [0, 0.1) is 5.92 Å². The van der Waals surface area contributed by atoms with Gasteiger partial charge >= 0.3 is 20.7 Å². The van der Waals surface area contributed by atoms with E-state index in [-0.39, 0.29) is 0 Å². The second-order valence-corrected chi connectivity index (χ2v) is 6.90. The molecule has 110 valence electrons. The Kier molecular flexibility index (Phi) is 6.63. The monoisotopic (exact) mass is 290 g/mol. The molecule has 0 atom stereocenters. The van der Waals surface area contributed by atoms with Gasteiger partial charge in [-0.2, -0.15) is 0 Å². The van der Waals surface area contributed by atoms with Crippen LogP contribution in [0.3, 0.4) is 0 Å². The Balaban J connectivity index is 2.46. The molecule has 7 heteroatoms. The molecule has 1 aliphatic heterocycles. The highest BCUT2D eigenvalue weighted by molar-refractivity contribution is 6.60. The van der Waals surface area contributed by atoms with E-state index in [0.29, 0.717) is 38.7 Å². The van der Waals surface area contributed by atoms with Crippen LogP contribution in [0.15, 0.2) is 0 Å². The van der Waals surface area contributed by atoms with Gasteiger partial charge in [0.05, 0.1) is 0 Å². The van der Waals surface area contributed by atoms with Crippen LogP contribution in [0.1, 0.15) is 33.6 Å². The van der Waals surface area contributed by atoms with E-state index >= 15 is 0 Å². The number of carbonyl (C=O) groups is 2. The van der Waals surface area contributed by atoms with Gasteiger partial charge in [0, 0.05) is 25.9 Å². The van der Waals surface area contributed by atoms with Gasteiger partial charge in [0.1, 0.15) is 0 Å². The topological polar surface area (TPSA) is 71.1 Å². The molecule has 1 rings (SSSR count). The average Bonchev–Trinajstić information content (AvgIpc) is 2.36. The van der Waals surface area contributed by atoms with Crippen molar-refractivity contribution in [1.82, 2.24) is 0 Å². The summed E-state index contributed by atoms with van der Waals surface area (Å²) < 4.78 is 21.4. The number of rotatable bonds is 10. The van der Waals surface area contributed by atoms with Crippen LogP contribution in [0.25, 0.3) is 0 Å². The predicted octanol–water partition coefficient (Wildman–Crippen LogP) is 1.51. The first-order valence-electron chi connectivity index (χ1n) is 6.76. The van der Waals surface area contributed by atoms with Crippen molar-refractivity contribution in [3.63, 3.8) is 0 Å². The lowest BCUT2D eigenvalue weighted by Gasteiger charge is -2.29. The number of ether oxygens (including phenoxy) is 1.